The Balaban J connectivity index is 2.81. The standard InChI is InChI=1S/C14H11NO5/c1-7(16)15-9-5-8-3-2-4-10(13(17)18)12(8)11(6-9)14(19)20/h2-6H,1H3,(H,15,16)(H,17,18)(H,19,20). The number of benzene rings is 2. The van der Waals surface area contributed by atoms with E-state index in [0.717, 1.165) is 0 Å². The molecule has 102 valence electrons. The number of amides is 1. The van der Waals surface area contributed by atoms with Crippen LogP contribution in [0.3, 0.4) is 0 Å². The predicted octanol–water partition coefficient (Wildman–Crippen LogP) is 2.19. The molecule has 0 saturated carbocycles. The van der Waals surface area contributed by atoms with E-state index in [-0.39, 0.29) is 22.4 Å². The Kier molecular flexibility index (Phi) is 3.39. The molecule has 0 spiro atoms. The molecule has 0 radical (unpaired) electrons. The minimum absolute atomic E-state index is 0.0886. The third-order valence-electron chi connectivity index (χ3n) is 2.76. The van der Waals surface area contributed by atoms with Gasteiger partial charge in [-0.3, -0.25) is 4.79 Å². The zero-order valence-corrected chi connectivity index (χ0v) is 10.5. The van der Waals surface area contributed by atoms with Crippen LogP contribution in [0.5, 0.6) is 0 Å². The van der Waals surface area contributed by atoms with Gasteiger partial charge < -0.3 is 15.5 Å². The van der Waals surface area contributed by atoms with Gasteiger partial charge in [0, 0.05) is 18.0 Å². The van der Waals surface area contributed by atoms with E-state index in [1.54, 1.807) is 6.07 Å². The second kappa shape index (κ2) is 5.00. The van der Waals surface area contributed by atoms with Crippen LogP contribution < -0.4 is 5.32 Å². The molecule has 0 aliphatic heterocycles. The number of carbonyl (C=O) groups is 3. The summed E-state index contributed by atoms with van der Waals surface area (Å²) in [5, 5.41) is 21.5. The van der Waals surface area contributed by atoms with E-state index < -0.39 is 11.9 Å². The van der Waals surface area contributed by atoms with Crippen LogP contribution >= 0.6 is 0 Å². The van der Waals surface area contributed by atoms with E-state index in [4.69, 9.17) is 5.11 Å². The van der Waals surface area contributed by atoms with Crippen LogP contribution in [-0.4, -0.2) is 28.1 Å². The van der Waals surface area contributed by atoms with Gasteiger partial charge in [0.1, 0.15) is 0 Å². The zero-order valence-electron chi connectivity index (χ0n) is 10.5. The van der Waals surface area contributed by atoms with Gasteiger partial charge >= 0.3 is 11.9 Å². The number of carbonyl (C=O) groups excluding carboxylic acids is 1. The highest BCUT2D eigenvalue weighted by molar-refractivity contribution is 6.14. The first-order valence-corrected chi connectivity index (χ1v) is 5.71. The van der Waals surface area contributed by atoms with Gasteiger partial charge in [0.15, 0.2) is 0 Å². The second-order valence-corrected chi connectivity index (χ2v) is 4.22. The van der Waals surface area contributed by atoms with E-state index in [1.807, 2.05) is 0 Å². The van der Waals surface area contributed by atoms with Crippen molar-refractivity contribution < 1.29 is 24.6 Å². The highest BCUT2D eigenvalue weighted by Crippen LogP contribution is 2.27. The number of carboxylic acid groups (broad SMARTS) is 2. The molecule has 0 saturated heterocycles. The summed E-state index contributed by atoms with van der Waals surface area (Å²) in [6.45, 7) is 1.30. The summed E-state index contributed by atoms with van der Waals surface area (Å²) in [5.41, 5.74) is 0.0588. The molecular weight excluding hydrogens is 262 g/mol. The molecule has 20 heavy (non-hydrogen) atoms. The Labute approximate surface area is 113 Å². The molecule has 0 unspecified atom stereocenters. The van der Waals surface area contributed by atoms with E-state index in [2.05, 4.69) is 5.32 Å². The smallest absolute Gasteiger partial charge is 0.336 e. The first-order chi connectivity index (χ1) is 9.40. The largest absolute Gasteiger partial charge is 0.478 e. The maximum atomic E-state index is 11.3. The minimum atomic E-state index is -1.25. The number of anilines is 1. The van der Waals surface area contributed by atoms with E-state index >= 15 is 0 Å². The van der Waals surface area contributed by atoms with E-state index in [0.29, 0.717) is 11.1 Å². The Bertz CT molecular complexity index is 736. The molecule has 0 aromatic heterocycles. The van der Waals surface area contributed by atoms with Crippen LogP contribution in [0.15, 0.2) is 30.3 Å². The summed E-state index contributed by atoms with van der Waals surface area (Å²) >= 11 is 0. The van der Waals surface area contributed by atoms with E-state index in [1.165, 1.54) is 31.2 Å². The quantitative estimate of drug-likeness (QED) is 0.795. The first-order valence-electron chi connectivity index (χ1n) is 5.71. The van der Waals surface area contributed by atoms with Gasteiger partial charge in [0.05, 0.1) is 11.1 Å². The molecule has 1 amide bonds. The number of rotatable bonds is 3. The lowest BCUT2D eigenvalue weighted by molar-refractivity contribution is -0.114. The van der Waals surface area contributed by atoms with Gasteiger partial charge in [-0.25, -0.2) is 9.59 Å². The van der Waals surface area contributed by atoms with Crippen molar-refractivity contribution in [2.45, 2.75) is 6.92 Å². The van der Waals surface area contributed by atoms with Crippen molar-refractivity contribution in [3.05, 3.63) is 41.5 Å². The fourth-order valence-electron chi connectivity index (χ4n) is 2.05. The van der Waals surface area contributed by atoms with Gasteiger partial charge in [-0.1, -0.05) is 12.1 Å². The number of aromatic carboxylic acids is 2. The monoisotopic (exact) mass is 273 g/mol. The Hall–Kier alpha value is -2.89. The van der Waals surface area contributed by atoms with Gasteiger partial charge in [-0.05, 0) is 23.6 Å². The predicted molar refractivity (Wildman–Crippen MR) is 72.2 cm³/mol. The lowest BCUT2D eigenvalue weighted by Gasteiger charge is -2.10. The Morgan fingerprint density at radius 2 is 1.65 bits per heavy atom. The van der Waals surface area contributed by atoms with Crippen molar-refractivity contribution in [3.63, 3.8) is 0 Å². The van der Waals surface area contributed by atoms with Crippen molar-refractivity contribution in [2.75, 3.05) is 5.32 Å². The maximum absolute atomic E-state index is 11.3. The molecule has 2 aromatic rings. The molecule has 0 heterocycles. The van der Waals surface area contributed by atoms with Gasteiger partial charge in [-0.2, -0.15) is 0 Å². The maximum Gasteiger partial charge on any atom is 0.336 e. The number of hydrogen-bond acceptors (Lipinski definition) is 3. The van der Waals surface area contributed by atoms with Crippen molar-refractivity contribution in [1.29, 1.82) is 0 Å². The molecule has 0 bridgehead atoms. The van der Waals surface area contributed by atoms with Gasteiger partial charge in [0.2, 0.25) is 5.91 Å². The molecule has 0 fully saturated rings. The van der Waals surface area contributed by atoms with Gasteiger partial charge in [-0.15, -0.1) is 0 Å². The number of hydrogen-bond donors (Lipinski definition) is 3. The first kappa shape index (κ1) is 13.5. The van der Waals surface area contributed by atoms with Crippen molar-refractivity contribution in [2.24, 2.45) is 0 Å². The molecular formula is C14H11NO5. The summed E-state index contributed by atoms with van der Waals surface area (Å²) in [5.74, 6) is -2.80. The second-order valence-electron chi connectivity index (χ2n) is 4.22. The zero-order chi connectivity index (χ0) is 14.9. The Morgan fingerprint density at radius 1 is 1.00 bits per heavy atom. The number of carboxylic acids is 2. The molecule has 0 aliphatic carbocycles. The van der Waals surface area contributed by atoms with Gasteiger partial charge in [0.25, 0.3) is 0 Å². The topological polar surface area (TPSA) is 104 Å². The van der Waals surface area contributed by atoms with Crippen molar-refractivity contribution >= 4 is 34.3 Å². The highest BCUT2D eigenvalue weighted by Gasteiger charge is 2.17. The summed E-state index contributed by atoms with van der Waals surface area (Å²) in [6.07, 6.45) is 0. The third kappa shape index (κ3) is 2.44. The summed E-state index contributed by atoms with van der Waals surface area (Å²) in [4.78, 5) is 33.6. The average Bonchev–Trinajstić information content (AvgIpc) is 2.35. The summed E-state index contributed by atoms with van der Waals surface area (Å²) < 4.78 is 0. The highest BCUT2D eigenvalue weighted by atomic mass is 16.4. The average molecular weight is 273 g/mol. The summed E-state index contributed by atoms with van der Waals surface area (Å²) in [6, 6.07) is 7.25. The SMILES string of the molecule is CC(=O)Nc1cc(C(=O)O)c2c(C(=O)O)cccc2c1. The number of nitrogens with one attached hydrogen (secondary N) is 1. The van der Waals surface area contributed by atoms with Crippen molar-refractivity contribution in [1.82, 2.24) is 0 Å². The molecule has 0 atom stereocenters. The summed E-state index contributed by atoms with van der Waals surface area (Å²) in [7, 11) is 0. The molecule has 6 nitrogen and oxygen atoms in total. The minimum Gasteiger partial charge on any atom is -0.478 e. The van der Waals surface area contributed by atoms with Crippen LogP contribution in [0.4, 0.5) is 5.69 Å². The fourth-order valence-corrected chi connectivity index (χ4v) is 2.05. The molecule has 0 aliphatic rings. The molecule has 2 aromatic carbocycles. The van der Waals surface area contributed by atoms with E-state index in [9.17, 15) is 19.5 Å². The van der Waals surface area contributed by atoms with Crippen LogP contribution in [0.25, 0.3) is 10.8 Å². The molecule has 3 N–H and O–H groups in total. The lowest BCUT2D eigenvalue weighted by atomic mass is 9.98. The van der Waals surface area contributed by atoms with Crippen LogP contribution in [0.2, 0.25) is 0 Å². The number of fused-ring (bicyclic) bond motifs is 1. The van der Waals surface area contributed by atoms with Crippen molar-refractivity contribution in [3.8, 4) is 0 Å². The van der Waals surface area contributed by atoms with Crippen LogP contribution in [-0.2, 0) is 4.79 Å². The van der Waals surface area contributed by atoms with Crippen LogP contribution in [0.1, 0.15) is 27.6 Å². The Morgan fingerprint density at radius 3 is 2.20 bits per heavy atom. The normalized spacial score (nSPS) is 10.2. The lowest BCUT2D eigenvalue weighted by Crippen LogP contribution is -2.09. The van der Waals surface area contributed by atoms with Crippen LogP contribution in [0, 0.1) is 0 Å². The third-order valence-corrected chi connectivity index (χ3v) is 2.76. The molecule has 2 rings (SSSR count). The fraction of sp³-hybridized carbons (Fsp3) is 0.0714. The molecule has 6 heteroatoms.